The standard InChI is InChI=1S/C35H32N2O6/c1-22-19-25(11-15-28(22)43-21-23-7-5-4-6-8-23)33(38)31-32(24-9-12-26(13-10-24)36(2)3)37(35(40)34(31)39)27-14-16-29-30(20-27)42-18-17-41-29/h4-16,19-20,32,38H,17-18,21H2,1-3H3/b33-31+. The molecule has 8 nitrogen and oxygen atoms in total. The molecule has 0 aliphatic carbocycles. The molecular formula is C35H32N2O6. The highest BCUT2D eigenvalue weighted by Crippen LogP contribution is 2.45. The van der Waals surface area contributed by atoms with Gasteiger partial charge in [0.05, 0.1) is 11.6 Å². The smallest absolute Gasteiger partial charge is 0.300 e. The van der Waals surface area contributed by atoms with E-state index in [9.17, 15) is 14.7 Å². The maximum atomic E-state index is 13.7. The largest absolute Gasteiger partial charge is 0.507 e. The van der Waals surface area contributed by atoms with Gasteiger partial charge in [0, 0.05) is 37.1 Å². The van der Waals surface area contributed by atoms with Crippen LogP contribution in [0.3, 0.4) is 0 Å². The van der Waals surface area contributed by atoms with Crippen LogP contribution >= 0.6 is 0 Å². The van der Waals surface area contributed by atoms with Crippen molar-refractivity contribution in [3.8, 4) is 17.2 Å². The number of ketones is 1. The lowest BCUT2D eigenvalue weighted by molar-refractivity contribution is -0.132. The van der Waals surface area contributed by atoms with Gasteiger partial charge in [-0.25, -0.2) is 0 Å². The molecule has 1 N–H and O–H groups in total. The molecule has 2 aliphatic heterocycles. The summed E-state index contributed by atoms with van der Waals surface area (Å²) in [6.07, 6.45) is 0. The number of aryl methyl sites for hydroxylation is 1. The summed E-state index contributed by atoms with van der Waals surface area (Å²) in [6, 6.07) is 26.9. The molecule has 1 atom stereocenters. The number of hydrogen-bond donors (Lipinski definition) is 1. The zero-order chi connectivity index (χ0) is 30.1. The molecular weight excluding hydrogens is 544 g/mol. The van der Waals surface area contributed by atoms with Gasteiger partial charge in [0.15, 0.2) is 11.5 Å². The second-order valence-electron chi connectivity index (χ2n) is 10.7. The number of aliphatic hydroxyl groups is 1. The molecule has 218 valence electrons. The Bertz CT molecular complexity index is 1710. The number of fused-ring (bicyclic) bond motifs is 1. The van der Waals surface area contributed by atoms with Crippen molar-refractivity contribution in [2.75, 3.05) is 37.1 Å². The van der Waals surface area contributed by atoms with Crippen LogP contribution in [0.5, 0.6) is 17.2 Å². The number of nitrogens with zero attached hydrogens (tertiary/aromatic N) is 2. The molecule has 6 rings (SSSR count). The Balaban J connectivity index is 1.41. The average Bonchev–Trinajstić information content (AvgIpc) is 3.30. The van der Waals surface area contributed by atoms with E-state index in [1.807, 2.05) is 80.5 Å². The van der Waals surface area contributed by atoms with E-state index in [1.54, 1.807) is 36.4 Å². The predicted octanol–water partition coefficient (Wildman–Crippen LogP) is 6.04. The summed E-state index contributed by atoms with van der Waals surface area (Å²) in [6.45, 7) is 3.10. The fourth-order valence-corrected chi connectivity index (χ4v) is 5.40. The SMILES string of the molecule is Cc1cc(/C(O)=C2\C(=O)C(=O)N(c3ccc4c(c3)OCCO4)C2c2ccc(N(C)C)cc2)ccc1OCc1ccccc1. The topological polar surface area (TPSA) is 88.5 Å². The van der Waals surface area contributed by atoms with Crippen molar-refractivity contribution in [1.82, 2.24) is 0 Å². The molecule has 0 radical (unpaired) electrons. The van der Waals surface area contributed by atoms with E-state index in [0.717, 1.165) is 16.8 Å². The van der Waals surface area contributed by atoms with Crippen LogP contribution in [0.25, 0.3) is 5.76 Å². The first kappa shape index (κ1) is 27.9. The van der Waals surface area contributed by atoms with Crippen molar-refractivity contribution < 1.29 is 28.9 Å². The van der Waals surface area contributed by atoms with Gasteiger partial charge in [-0.3, -0.25) is 14.5 Å². The number of amides is 1. The number of carbonyl (C=O) groups excluding carboxylic acids is 2. The Morgan fingerprint density at radius 3 is 2.33 bits per heavy atom. The fourth-order valence-electron chi connectivity index (χ4n) is 5.40. The molecule has 0 aromatic heterocycles. The predicted molar refractivity (Wildman–Crippen MR) is 165 cm³/mol. The van der Waals surface area contributed by atoms with Gasteiger partial charge in [-0.2, -0.15) is 0 Å². The Morgan fingerprint density at radius 2 is 1.63 bits per heavy atom. The van der Waals surface area contributed by atoms with E-state index in [1.165, 1.54) is 4.90 Å². The quantitative estimate of drug-likeness (QED) is 0.163. The van der Waals surface area contributed by atoms with Crippen LogP contribution in [0.1, 0.15) is 28.3 Å². The number of Topliss-reactive ketones (excluding diaryl/α,β-unsaturated/α-hetero) is 1. The number of carbonyl (C=O) groups is 2. The molecule has 1 saturated heterocycles. The minimum Gasteiger partial charge on any atom is -0.507 e. The average molecular weight is 577 g/mol. The van der Waals surface area contributed by atoms with E-state index in [0.29, 0.717) is 53.9 Å². The van der Waals surface area contributed by atoms with Crippen LogP contribution in [0.15, 0.2) is 96.6 Å². The Kier molecular flexibility index (Phi) is 7.50. The maximum Gasteiger partial charge on any atom is 0.300 e. The van der Waals surface area contributed by atoms with Gasteiger partial charge >= 0.3 is 0 Å². The van der Waals surface area contributed by atoms with Crippen LogP contribution < -0.4 is 24.0 Å². The lowest BCUT2D eigenvalue weighted by atomic mass is 9.94. The monoisotopic (exact) mass is 576 g/mol. The van der Waals surface area contributed by atoms with Crippen LogP contribution in [-0.2, 0) is 16.2 Å². The highest BCUT2D eigenvalue weighted by Gasteiger charge is 2.47. The van der Waals surface area contributed by atoms with Crippen molar-refractivity contribution in [2.45, 2.75) is 19.6 Å². The number of hydrogen-bond acceptors (Lipinski definition) is 7. The highest BCUT2D eigenvalue weighted by molar-refractivity contribution is 6.51. The van der Waals surface area contributed by atoms with Gasteiger partial charge in [-0.1, -0.05) is 42.5 Å². The van der Waals surface area contributed by atoms with Crippen molar-refractivity contribution in [2.24, 2.45) is 0 Å². The first-order valence-corrected chi connectivity index (χ1v) is 14.1. The Hall–Kier alpha value is -5.24. The second-order valence-corrected chi connectivity index (χ2v) is 10.7. The van der Waals surface area contributed by atoms with Crippen molar-refractivity contribution in [3.05, 3.63) is 119 Å². The summed E-state index contributed by atoms with van der Waals surface area (Å²) >= 11 is 0. The summed E-state index contributed by atoms with van der Waals surface area (Å²) in [5.74, 6) is -0.0288. The van der Waals surface area contributed by atoms with Crippen LogP contribution in [0.4, 0.5) is 11.4 Å². The first-order chi connectivity index (χ1) is 20.8. The van der Waals surface area contributed by atoms with E-state index in [4.69, 9.17) is 14.2 Å². The van der Waals surface area contributed by atoms with E-state index in [2.05, 4.69) is 0 Å². The molecule has 4 aromatic rings. The zero-order valence-electron chi connectivity index (χ0n) is 24.2. The summed E-state index contributed by atoms with van der Waals surface area (Å²) in [5, 5.41) is 11.6. The van der Waals surface area contributed by atoms with Crippen molar-refractivity contribution in [3.63, 3.8) is 0 Å². The fraction of sp³-hybridized carbons (Fsp3) is 0.200. The van der Waals surface area contributed by atoms with Gasteiger partial charge in [0.1, 0.15) is 31.3 Å². The summed E-state index contributed by atoms with van der Waals surface area (Å²) in [5.41, 5.74) is 4.35. The number of aliphatic hydroxyl groups excluding tert-OH is 1. The third kappa shape index (κ3) is 5.39. The van der Waals surface area contributed by atoms with Crippen LogP contribution in [-0.4, -0.2) is 44.1 Å². The van der Waals surface area contributed by atoms with Crippen LogP contribution in [0, 0.1) is 6.92 Å². The Labute approximate surface area is 250 Å². The van der Waals surface area contributed by atoms with Crippen LogP contribution in [0.2, 0.25) is 0 Å². The molecule has 0 saturated carbocycles. The van der Waals surface area contributed by atoms with E-state index in [-0.39, 0.29) is 11.3 Å². The van der Waals surface area contributed by atoms with Gasteiger partial charge < -0.3 is 24.2 Å². The number of benzene rings is 4. The molecule has 0 bridgehead atoms. The Morgan fingerprint density at radius 1 is 0.907 bits per heavy atom. The number of rotatable bonds is 7. The lowest BCUT2D eigenvalue weighted by Crippen LogP contribution is -2.29. The number of ether oxygens (including phenoxy) is 3. The van der Waals surface area contributed by atoms with Gasteiger partial charge in [0.25, 0.3) is 11.7 Å². The first-order valence-electron chi connectivity index (χ1n) is 14.1. The zero-order valence-corrected chi connectivity index (χ0v) is 24.2. The highest BCUT2D eigenvalue weighted by atomic mass is 16.6. The van der Waals surface area contributed by atoms with Crippen molar-refractivity contribution in [1.29, 1.82) is 0 Å². The molecule has 43 heavy (non-hydrogen) atoms. The summed E-state index contributed by atoms with van der Waals surface area (Å²) in [7, 11) is 3.87. The summed E-state index contributed by atoms with van der Waals surface area (Å²) in [4.78, 5) is 30.7. The van der Waals surface area contributed by atoms with Gasteiger partial charge in [0.2, 0.25) is 0 Å². The molecule has 2 heterocycles. The lowest BCUT2D eigenvalue weighted by Gasteiger charge is -2.27. The van der Waals surface area contributed by atoms with E-state index >= 15 is 0 Å². The van der Waals surface area contributed by atoms with E-state index < -0.39 is 17.7 Å². The molecule has 4 aromatic carbocycles. The van der Waals surface area contributed by atoms with Crippen molar-refractivity contribution >= 4 is 28.8 Å². The molecule has 1 unspecified atom stereocenters. The molecule has 0 spiro atoms. The van der Waals surface area contributed by atoms with Gasteiger partial charge in [-0.05, 0) is 66.1 Å². The minimum atomic E-state index is -0.868. The van der Waals surface area contributed by atoms with Gasteiger partial charge in [-0.15, -0.1) is 0 Å². The maximum absolute atomic E-state index is 13.7. The molecule has 1 amide bonds. The minimum absolute atomic E-state index is 0.00912. The third-order valence-electron chi connectivity index (χ3n) is 7.66. The number of anilines is 2. The normalized spacial score (nSPS) is 17.2. The summed E-state index contributed by atoms with van der Waals surface area (Å²) < 4.78 is 17.4. The third-order valence-corrected chi connectivity index (χ3v) is 7.66. The molecule has 1 fully saturated rings. The molecule has 8 heteroatoms. The molecule has 2 aliphatic rings. The second kappa shape index (κ2) is 11.6.